The molecule has 3 aliphatic rings. The molecule has 0 atom stereocenters. The minimum absolute atomic E-state index is 0.00870. The first-order valence-electron chi connectivity index (χ1n) is 25.5. The topological polar surface area (TPSA) is 188 Å². The van der Waals surface area contributed by atoms with Crippen LogP contribution in [0.25, 0.3) is 32.7 Å². The number of alkyl halides is 9. The predicted molar refractivity (Wildman–Crippen MR) is 285 cm³/mol. The van der Waals surface area contributed by atoms with Crippen LogP contribution >= 0.6 is 23.2 Å². The molecule has 438 valence electrons. The van der Waals surface area contributed by atoms with E-state index >= 15 is 0 Å². The van der Waals surface area contributed by atoms with E-state index in [1.54, 1.807) is 54.8 Å². The fraction of sp³-hybridized carbons (Fsp3) is 0.407. The Bertz CT molecular complexity index is 3390. The Labute approximate surface area is 472 Å². The second-order valence-corrected chi connectivity index (χ2v) is 20.4. The van der Waals surface area contributed by atoms with E-state index in [1.165, 1.54) is 31.5 Å². The van der Waals surface area contributed by atoms with Crippen molar-refractivity contribution in [2.45, 2.75) is 82.8 Å². The molecule has 10 rings (SSSR count). The summed E-state index contributed by atoms with van der Waals surface area (Å²) < 4.78 is 146. The van der Waals surface area contributed by atoms with Crippen molar-refractivity contribution in [3.8, 4) is 17.2 Å². The van der Waals surface area contributed by atoms with Crippen LogP contribution in [-0.2, 0) is 28.0 Å². The zero-order valence-electron chi connectivity index (χ0n) is 44.2. The Morgan fingerprint density at radius 1 is 0.598 bits per heavy atom. The minimum Gasteiger partial charge on any atom is -0.494 e. The van der Waals surface area contributed by atoms with Gasteiger partial charge in [-0.3, -0.25) is 4.79 Å². The van der Waals surface area contributed by atoms with Crippen molar-refractivity contribution in [2.24, 2.45) is 0 Å². The number of halogens is 11. The van der Waals surface area contributed by atoms with Crippen molar-refractivity contribution in [1.29, 1.82) is 0 Å². The normalized spacial score (nSPS) is 15.7. The molecule has 4 aromatic carbocycles. The maximum atomic E-state index is 13.6. The van der Waals surface area contributed by atoms with Crippen LogP contribution in [-0.4, -0.2) is 129 Å². The number of carbonyl (C=O) groups excluding carboxylic acids is 2. The van der Waals surface area contributed by atoms with Gasteiger partial charge in [-0.15, -0.1) is 0 Å². The first kappa shape index (κ1) is 60.8. The Hall–Kier alpha value is -7.29. The number of hydrogen-bond acceptors (Lipinski definition) is 15. The predicted octanol–water partition coefficient (Wildman–Crippen LogP) is 12.4. The standard InChI is InChI=1S/C25H26F3N5O3.C19H21ClF3N3O3.C10H6ClF3N2O/c26-25(27,28)20-5-6-21(36-18-7-9-29-10-8-18)22-19(20)15-30-24(32-22)31-17-3-1-16(2-4-17)23(34)33-11-13-35-14-12-33;1-18(2,3)29-17(27)26-8-6-11(7-9-26)28-14-5-4-13(19(21,22)23)12-10-24-16(20)25-15(12)14;1-17-7-3-2-6(10(12,13)14)5-4-15-9(11)16-8(5)7/h1-6,15,18,29H,7-14H2,(H,30,31,32);4-5,10-11H,6-9H2,1-3H3;2-4H,1H3. The highest BCUT2D eigenvalue weighted by Crippen LogP contribution is 2.41. The largest absolute Gasteiger partial charge is 0.494 e. The van der Waals surface area contributed by atoms with E-state index in [2.05, 4.69) is 40.5 Å². The van der Waals surface area contributed by atoms with Crippen molar-refractivity contribution in [3.05, 3.63) is 112 Å². The fourth-order valence-electron chi connectivity index (χ4n) is 8.93. The maximum Gasteiger partial charge on any atom is 0.417 e. The van der Waals surface area contributed by atoms with E-state index < -0.39 is 46.9 Å². The number of methoxy groups -OCH3 is 1. The summed E-state index contributed by atoms with van der Waals surface area (Å²) in [6, 6.07) is 13.5. The minimum atomic E-state index is -4.55. The Morgan fingerprint density at radius 2 is 1.05 bits per heavy atom. The lowest BCUT2D eigenvalue weighted by Gasteiger charge is -2.33. The van der Waals surface area contributed by atoms with Gasteiger partial charge in [-0.25, -0.2) is 34.7 Å². The third kappa shape index (κ3) is 15.4. The van der Waals surface area contributed by atoms with Gasteiger partial charge >= 0.3 is 24.6 Å². The Kier molecular flexibility index (Phi) is 18.9. The number of fused-ring (bicyclic) bond motifs is 3. The summed E-state index contributed by atoms with van der Waals surface area (Å²) in [5, 5.41) is 5.53. The van der Waals surface area contributed by atoms with Crippen LogP contribution in [0.4, 0.5) is 55.9 Å². The number of ether oxygens (including phenoxy) is 5. The lowest BCUT2D eigenvalue weighted by molar-refractivity contribution is -0.137. The molecule has 2 N–H and O–H groups in total. The molecule has 0 aliphatic carbocycles. The van der Waals surface area contributed by atoms with E-state index in [4.69, 9.17) is 46.9 Å². The van der Waals surface area contributed by atoms with Crippen LogP contribution < -0.4 is 24.8 Å². The number of nitrogens with one attached hydrogen (secondary N) is 2. The molecule has 0 bridgehead atoms. The van der Waals surface area contributed by atoms with E-state index in [9.17, 15) is 49.1 Å². The Morgan fingerprint density at radius 3 is 1.52 bits per heavy atom. The zero-order chi connectivity index (χ0) is 59.1. The van der Waals surface area contributed by atoms with Gasteiger partial charge in [0.05, 0.1) is 37.0 Å². The van der Waals surface area contributed by atoms with Gasteiger partial charge in [0, 0.05) is 85.0 Å². The second-order valence-electron chi connectivity index (χ2n) is 19.7. The molecule has 82 heavy (non-hydrogen) atoms. The summed E-state index contributed by atoms with van der Waals surface area (Å²) in [4.78, 5) is 51.5. The second kappa shape index (κ2) is 25.5. The van der Waals surface area contributed by atoms with Crippen molar-refractivity contribution in [2.75, 3.05) is 64.9 Å². The van der Waals surface area contributed by atoms with Gasteiger partial charge in [0.2, 0.25) is 16.5 Å². The molecule has 0 radical (unpaired) electrons. The van der Waals surface area contributed by atoms with Crippen molar-refractivity contribution in [3.63, 3.8) is 0 Å². The molecule has 0 unspecified atom stereocenters. The highest BCUT2D eigenvalue weighted by Gasteiger charge is 2.37. The number of anilines is 2. The van der Waals surface area contributed by atoms with Crippen LogP contribution in [0.15, 0.2) is 79.3 Å². The lowest BCUT2D eigenvalue weighted by Crippen LogP contribution is -2.44. The van der Waals surface area contributed by atoms with Crippen LogP contribution in [0, 0.1) is 0 Å². The van der Waals surface area contributed by atoms with Gasteiger partial charge in [0.1, 0.15) is 51.6 Å². The van der Waals surface area contributed by atoms with Gasteiger partial charge in [0.25, 0.3) is 5.91 Å². The Balaban J connectivity index is 0.000000171. The molecule has 0 saturated carbocycles. The number of aromatic nitrogens is 6. The number of nitrogens with zero attached hydrogens (tertiary/aromatic N) is 8. The number of hydrogen-bond donors (Lipinski definition) is 2. The average Bonchev–Trinajstić information content (AvgIpc) is 3.38. The molecule has 2 amide bonds. The zero-order valence-corrected chi connectivity index (χ0v) is 45.8. The van der Waals surface area contributed by atoms with E-state index in [0.717, 1.165) is 56.5 Å². The maximum absolute atomic E-state index is 13.6. The summed E-state index contributed by atoms with van der Waals surface area (Å²) >= 11 is 11.3. The fourth-order valence-corrected chi connectivity index (χ4v) is 9.19. The summed E-state index contributed by atoms with van der Waals surface area (Å²) in [5.74, 6) is 0.766. The number of amides is 2. The van der Waals surface area contributed by atoms with Crippen LogP contribution in [0.2, 0.25) is 10.6 Å². The van der Waals surface area contributed by atoms with Gasteiger partial charge in [-0.1, -0.05) is 0 Å². The molecular formula is C54H53Cl2F9N10O7. The average molecular weight is 1200 g/mol. The van der Waals surface area contributed by atoms with Gasteiger partial charge in [0.15, 0.2) is 0 Å². The molecule has 7 aromatic rings. The summed E-state index contributed by atoms with van der Waals surface area (Å²) in [6.45, 7) is 9.94. The van der Waals surface area contributed by atoms with Crippen molar-refractivity contribution in [1.82, 2.24) is 45.0 Å². The molecule has 3 saturated heterocycles. The smallest absolute Gasteiger partial charge is 0.417 e. The molecule has 3 aromatic heterocycles. The van der Waals surface area contributed by atoms with E-state index in [0.29, 0.717) is 69.2 Å². The number of piperidine rings is 2. The molecule has 3 fully saturated rings. The highest BCUT2D eigenvalue weighted by atomic mass is 35.5. The number of benzene rings is 4. The summed E-state index contributed by atoms with van der Waals surface area (Å²) in [5.41, 5.74) is -1.77. The van der Waals surface area contributed by atoms with Crippen LogP contribution in [0.1, 0.15) is 73.5 Å². The number of likely N-dealkylation sites (tertiary alicyclic amines) is 1. The monoisotopic (exact) mass is 1190 g/mol. The van der Waals surface area contributed by atoms with Gasteiger partial charge in [-0.05, 0) is 131 Å². The SMILES string of the molecule is CC(C)(C)OC(=O)N1CCC(Oc2ccc(C(F)(F)F)c3cnc(Cl)nc23)CC1.COc1ccc(C(F)(F)F)c2cnc(Cl)nc12.O=C(c1ccc(Nc2ncc3c(C(F)(F)F)ccc(OC4CCNCC4)c3n2)cc1)N1CCOCC1. The summed E-state index contributed by atoms with van der Waals surface area (Å²) in [7, 11) is 1.35. The number of morpholine rings is 1. The molecule has 17 nitrogen and oxygen atoms in total. The molecule has 6 heterocycles. The van der Waals surface area contributed by atoms with Gasteiger partial charge < -0.3 is 44.1 Å². The quantitative estimate of drug-likeness (QED) is 0.108. The van der Waals surface area contributed by atoms with Crippen molar-refractivity contribution >= 4 is 79.5 Å². The molecular weight excluding hydrogens is 1140 g/mol. The molecule has 0 spiro atoms. The number of rotatable bonds is 8. The van der Waals surface area contributed by atoms with Crippen molar-refractivity contribution < 1.29 is 72.8 Å². The summed E-state index contributed by atoms with van der Waals surface area (Å²) in [6.07, 6.45) is -8.54. The molecule has 3 aliphatic heterocycles. The number of carbonyl (C=O) groups is 2. The third-order valence-corrected chi connectivity index (χ3v) is 13.2. The van der Waals surface area contributed by atoms with Gasteiger partial charge in [-0.2, -0.15) is 39.5 Å². The first-order chi connectivity index (χ1) is 38.7. The first-order valence-corrected chi connectivity index (χ1v) is 26.2. The van der Waals surface area contributed by atoms with E-state index in [-0.39, 0.29) is 78.8 Å². The van der Waals surface area contributed by atoms with E-state index in [1.807, 2.05) is 0 Å². The molecule has 28 heteroatoms. The third-order valence-electron chi connectivity index (χ3n) is 12.9. The highest BCUT2D eigenvalue weighted by molar-refractivity contribution is 6.29. The van der Waals surface area contributed by atoms with Crippen LogP contribution in [0.5, 0.6) is 17.2 Å². The lowest BCUT2D eigenvalue weighted by atomic mass is 10.1. The van der Waals surface area contributed by atoms with Crippen LogP contribution in [0.3, 0.4) is 0 Å².